The number of nitrogens with two attached hydrogens (primary N) is 1. The van der Waals surface area contributed by atoms with Gasteiger partial charge in [0.25, 0.3) is 6.01 Å². The Balaban J connectivity index is 1.13. The van der Waals surface area contributed by atoms with Crippen LogP contribution in [0.15, 0.2) is 53.2 Å². The van der Waals surface area contributed by atoms with E-state index in [0.29, 0.717) is 34.0 Å². The van der Waals surface area contributed by atoms with E-state index in [0.717, 1.165) is 80.0 Å². The number of hydrogen-bond acceptors (Lipinski definition) is 9. The summed E-state index contributed by atoms with van der Waals surface area (Å²) in [5.74, 6) is 0.440. The minimum absolute atomic E-state index is 0.279. The number of benzene rings is 2. The van der Waals surface area contributed by atoms with Gasteiger partial charge in [0, 0.05) is 35.4 Å². The zero-order chi connectivity index (χ0) is 26.3. The Labute approximate surface area is 230 Å². The molecular weight excluding hydrogens is 516 g/mol. The van der Waals surface area contributed by atoms with Crippen molar-refractivity contribution >= 4 is 51.3 Å². The maximum Gasteiger partial charge on any atom is 0.300 e. The highest BCUT2D eigenvalue weighted by molar-refractivity contribution is 6.31. The average molecular weight is 545 g/mol. The van der Waals surface area contributed by atoms with Gasteiger partial charge in [-0.2, -0.15) is 10.1 Å². The van der Waals surface area contributed by atoms with E-state index in [9.17, 15) is 0 Å². The first-order chi connectivity index (χ1) is 19.1. The molecule has 0 radical (unpaired) electrons. The van der Waals surface area contributed by atoms with E-state index in [4.69, 9.17) is 31.6 Å². The number of morpholine rings is 1. The molecule has 10 nitrogen and oxygen atoms in total. The summed E-state index contributed by atoms with van der Waals surface area (Å²) in [6.45, 7) is 3.72. The first-order valence-corrected chi connectivity index (χ1v) is 13.7. The van der Waals surface area contributed by atoms with Gasteiger partial charge in [0.1, 0.15) is 23.4 Å². The molecule has 0 atom stereocenters. The van der Waals surface area contributed by atoms with E-state index in [1.54, 1.807) is 12.1 Å². The first-order valence-electron chi connectivity index (χ1n) is 13.4. The molecule has 3 N–H and O–H groups in total. The molecule has 3 aromatic heterocycles. The number of fused-ring (bicyclic) bond motifs is 2. The van der Waals surface area contributed by atoms with Gasteiger partial charge in [-0.05, 0) is 56.0 Å². The number of oxazole rings is 1. The molecule has 0 unspecified atom stereocenters. The second kappa shape index (κ2) is 10.1. The number of halogens is 1. The fourth-order valence-electron chi connectivity index (χ4n) is 5.85. The molecule has 2 aromatic carbocycles. The van der Waals surface area contributed by atoms with Gasteiger partial charge < -0.3 is 20.2 Å². The Morgan fingerprint density at radius 2 is 1.72 bits per heavy atom. The molecule has 1 saturated carbocycles. The molecule has 2 fully saturated rings. The number of aromatic nitrogens is 5. The lowest BCUT2D eigenvalue weighted by molar-refractivity contribution is 0.00520. The van der Waals surface area contributed by atoms with Crippen molar-refractivity contribution in [2.45, 2.75) is 37.8 Å². The van der Waals surface area contributed by atoms with Crippen LogP contribution in [0.4, 0.5) is 17.5 Å². The molecule has 2 aliphatic rings. The zero-order valence-corrected chi connectivity index (χ0v) is 22.1. The molecule has 0 bridgehead atoms. The van der Waals surface area contributed by atoms with Gasteiger partial charge in [-0.15, -0.1) is 0 Å². The molecule has 1 aliphatic heterocycles. The highest BCUT2D eigenvalue weighted by atomic mass is 35.5. The Bertz CT molecular complexity index is 1620. The van der Waals surface area contributed by atoms with Crippen molar-refractivity contribution in [2.24, 2.45) is 0 Å². The van der Waals surface area contributed by atoms with Crippen LogP contribution in [-0.2, 0) is 4.74 Å². The topological polar surface area (TPSA) is 120 Å². The van der Waals surface area contributed by atoms with Crippen LogP contribution in [0, 0.1) is 0 Å². The first kappa shape index (κ1) is 24.3. The number of nitrogens with one attached hydrogen (secondary N) is 1. The standard InChI is InChI=1S/C28H29ClN8O2/c29-18-3-10-23-22(15-18)34-28(39-23)33-19-4-1-17(2-5-19)25-24-26(30)31-16-32-27(24)37(35-25)21-8-6-20(7-9-21)36-11-13-38-14-12-36/h1-5,10,15-16,20-21H,6-9,11-14H2,(H,33,34)(H2,30,31,32). The highest BCUT2D eigenvalue weighted by Gasteiger charge is 2.30. The van der Waals surface area contributed by atoms with Crippen molar-refractivity contribution in [1.82, 2.24) is 29.6 Å². The van der Waals surface area contributed by atoms with Crippen LogP contribution in [-0.4, -0.2) is 62.0 Å². The van der Waals surface area contributed by atoms with Crippen molar-refractivity contribution in [2.75, 3.05) is 37.4 Å². The van der Waals surface area contributed by atoms with E-state index in [-0.39, 0.29) is 6.04 Å². The van der Waals surface area contributed by atoms with Gasteiger partial charge >= 0.3 is 0 Å². The Morgan fingerprint density at radius 1 is 0.949 bits per heavy atom. The van der Waals surface area contributed by atoms with Crippen molar-refractivity contribution < 1.29 is 9.15 Å². The number of anilines is 3. The zero-order valence-electron chi connectivity index (χ0n) is 21.4. The Kier molecular flexibility index (Phi) is 6.30. The van der Waals surface area contributed by atoms with Crippen LogP contribution in [0.5, 0.6) is 0 Å². The molecular formula is C28H29ClN8O2. The smallest absolute Gasteiger partial charge is 0.300 e. The van der Waals surface area contributed by atoms with Crippen molar-refractivity contribution in [1.29, 1.82) is 0 Å². The van der Waals surface area contributed by atoms with E-state index in [2.05, 4.69) is 29.9 Å². The largest absolute Gasteiger partial charge is 0.423 e. The summed E-state index contributed by atoms with van der Waals surface area (Å²) in [6.07, 6.45) is 5.93. The summed E-state index contributed by atoms with van der Waals surface area (Å²) in [5, 5.41) is 9.70. The predicted molar refractivity (Wildman–Crippen MR) is 151 cm³/mol. The Hall–Kier alpha value is -3.73. The number of nitrogens with zero attached hydrogens (tertiary/aromatic N) is 6. The molecule has 5 aromatic rings. The number of ether oxygens (including phenoxy) is 1. The molecule has 0 spiro atoms. The maximum atomic E-state index is 6.37. The second-order valence-electron chi connectivity index (χ2n) is 10.2. The molecule has 7 rings (SSSR count). The quantitative estimate of drug-likeness (QED) is 0.298. The molecule has 4 heterocycles. The van der Waals surface area contributed by atoms with Crippen molar-refractivity contribution in [3.63, 3.8) is 0 Å². The minimum atomic E-state index is 0.279. The van der Waals surface area contributed by atoms with Gasteiger partial charge in [0.15, 0.2) is 11.2 Å². The molecule has 0 amide bonds. The van der Waals surface area contributed by atoms with Gasteiger partial charge in [0.2, 0.25) is 0 Å². The van der Waals surface area contributed by atoms with Gasteiger partial charge in [-0.25, -0.2) is 14.6 Å². The molecule has 1 aliphatic carbocycles. The van der Waals surface area contributed by atoms with E-state index < -0.39 is 0 Å². The van der Waals surface area contributed by atoms with Crippen LogP contribution in [0.2, 0.25) is 5.02 Å². The second-order valence-corrected chi connectivity index (χ2v) is 10.6. The molecule has 200 valence electrons. The third-order valence-electron chi connectivity index (χ3n) is 7.85. The predicted octanol–water partition coefficient (Wildman–Crippen LogP) is 5.43. The number of rotatable bonds is 5. The summed E-state index contributed by atoms with van der Waals surface area (Å²) < 4.78 is 13.4. The van der Waals surface area contributed by atoms with Crippen LogP contribution in [0.3, 0.4) is 0 Å². The Morgan fingerprint density at radius 3 is 2.51 bits per heavy atom. The van der Waals surface area contributed by atoms with E-state index in [1.807, 2.05) is 30.3 Å². The lowest BCUT2D eigenvalue weighted by Crippen LogP contribution is -2.45. The third kappa shape index (κ3) is 4.69. The van der Waals surface area contributed by atoms with Gasteiger partial charge in [-0.1, -0.05) is 23.7 Å². The summed E-state index contributed by atoms with van der Waals surface area (Å²) >= 11 is 6.07. The molecule has 11 heteroatoms. The lowest BCUT2D eigenvalue weighted by Gasteiger charge is -2.38. The van der Waals surface area contributed by atoms with Gasteiger partial charge in [0.05, 0.1) is 24.6 Å². The maximum absolute atomic E-state index is 6.37. The summed E-state index contributed by atoms with van der Waals surface area (Å²) in [4.78, 5) is 15.9. The summed E-state index contributed by atoms with van der Waals surface area (Å²) in [6, 6.07) is 14.6. The number of hydrogen-bond donors (Lipinski definition) is 2. The fraction of sp³-hybridized carbons (Fsp3) is 0.357. The van der Waals surface area contributed by atoms with E-state index in [1.165, 1.54) is 6.33 Å². The fourth-order valence-corrected chi connectivity index (χ4v) is 6.02. The van der Waals surface area contributed by atoms with Crippen LogP contribution in [0.1, 0.15) is 31.7 Å². The van der Waals surface area contributed by atoms with E-state index >= 15 is 0 Å². The van der Waals surface area contributed by atoms with Crippen molar-refractivity contribution in [3.8, 4) is 11.3 Å². The number of nitrogen functional groups attached to an aromatic ring is 1. The molecule has 39 heavy (non-hydrogen) atoms. The summed E-state index contributed by atoms with van der Waals surface area (Å²) in [7, 11) is 0. The SMILES string of the molecule is Nc1ncnc2c1c(-c1ccc(Nc3nc4cc(Cl)ccc4o3)cc1)nn2C1CCC(N2CCOCC2)CC1. The van der Waals surface area contributed by atoms with Gasteiger partial charge in [-0.3, -0.25) is 4.90 Å². The van der Waals surface area contributed by atoms with Crippen molar-refractivity contribution in [3.05, 3.63) is 53.8 Å². The van der Waals surface area contributed by atoms with Crippen LogP contribution >= 0.6 is 11.6 Å². The van der Waals surface area contributed by atoms with Crippen LogP contribution < -0.4 is 11.1 Å². The molecule has 1 saturated heterocycles. The average Bonchev–Trinajstić information content (AvgIpc) is 3.56. The summed E-state index contributed by atoms with van der Waals surface area (Å²) in [5.41, 5.74) is 11.1. The third-order valence-corrected chi connectivity index (χ3v) is 8.09. The normalized spacial score (nSPS) is 20.5. The highest BCUT2D eigenvalue weighted by Crippen LogP contribution is 2.37. The minimum Gasteiger partial charge on any atom is -0.423 e. The lowest BCUT2D eigenvalue weighted by atomic mass is 9.90. The van der Waals surface area contributed by atoms with Crippen LogP contribution in [0.25, 0.3) is 33.4 Å². The monoisotopic (exact) mass is 544 g/mol.